The van der Waals surface area contributed by atoms with E-state index in [1.807, 2.05) is 0 Å². The first-order valence-electron chi connectivity index (χ1n) is 9.16. The molecule has 0 amide bonds. The van der Waals surface area contributed by atoms with Crippen molar-refractivity contribution in [3.05, 3.63) is 48.3 Å². The molecule has 0 unspecified atom stereocenters. The van der Waals surface area contributed by atoms with Crippen LogP contribution in [-0.4, -0.2) is 46.6 Å². The largest absolute Gasteiger partial charge is 0.496 e. The highest BCUT2D eigenvalue weighted by Crippen LogP contribution is 2.32. The van der Waals surface area contributed by atoms with Gasteiger partial charge in [-0.15, -0.1) is 0 Å². The van der Waals surface area contributed by atoms with Crippen molar-refractivity contribution < 1.29 is 17.5 Å². The molecule has 5 nitrogen and oxygen atoms in total. The predicted octanol–water partition coefficient (Wildman–Crippen LogP) is 3.27. The van der Waals surface area contributed by atoms with Gasteiger partial charge in [0.05, 0.1) is 17.6 Å². The number of benzene rings is 2. The molecule has 0 radical (unpaired) electrons. The number of piperidine rings is 1. The summed E-state index contributed by atoms with van der Waals surface area (Å²) in [5, 5.41) is 0. The van der Waals surface area contributed by atoms with Crippen LogP contribution in [0.1, 0.15) is 19.3 Å². The van der Waals surface area contributed by atoms with Crippen molar-refractivity contribution in [3.8, 4) is 16.9 Å². The molecule has 1 saturated heterocycles. The molecule has 3 rings (SSSR count). The molecule has 146 valence electrons. The second-order valence-electron chi connectivity index (χ2n) is 6.64. The molecule has 2 aromatic rings. The summed E-state index contributed by atoms with van der Waals surface area (Å²) >= 11 is 0. The van der Waals surface area contributed by atoms with Crippen molar-refractivity contribution >= 4 is 10.0 Å². The molecule has 0 aliphatic carbocycles. The molecule has 0 aromatic heterocycles. The highest BCUT2D eigenvalue weighted by molar-refractivity contribution is 7.89. The summed E-state index contributed by atoms with van der Waals surface area (Å²) in [4.78, 5) is 2.44. The second-order valence-corrected chi connectivity index (χ2v) is 8.41. The fraction of sp³-hybridized carbons (Fsp3) is 0.400. The number of sulfonamides is 1. The van der Waals surface area contributed by atoms with Crippen molar-refractivity contribution in [3.63, 3.8) is 0 Å². The maximum Gasteiger partial charge on any atom is 0.240 e. The Morgan fingerprint density at radius 1 is 1.07 bits per heavy atom. The molecule has 1 aliphatic rings. The highest BCUT2D eigenvalue weighted by atomic mass is 32.2. The zero-order valence-electron chi connectivity index (χ0n) is 15.4. The van der Waals surface area contributed by atoms with Crippen LogP contribution < -0.4 is 9.46 Å². The van der Waals surface area contributed by atoms with E-state index in [0.717, 1.165) is 13.1 Å². The van der Waals surface area contributed by atoms with Crippen LogP contribution in [0, 0.1) is 5.82 Å². The third-order valence-electron chi connectivity index (χ3n) is 4.82. The fourth-order valence-electron chi connectivity index (χ4n) is 3.36. The standard InChI is InChI=1S/C20H25FN2O3S/c1-26-19-7-5-6-18(21)20(19)16-8-10-17(11-9-16)27(24,25)22-12-15-23-13-3-2-4-14-23/h5-11,22H,2-4,12-15H2,1H3. The van der Waals surface area contributed by atoms with E-state index in [0.29, 0.717) is 30.0 Å². The zero-order chi connectivity index (χ0) is 19.3. The Balaban J connectivity index is 1.69. The lowest BCUT2D eigenvalue weighted by Crippen LogP contribution is -2.37. The molecule has 0 bridgehead atoms. The number of rotatable bonds is 7. The predicted molar refractivity (Wildman–Crippen MR) is 104 cm³/mol. The van der Waals surface area contributed by atoms with Crippen LogP contribution in [0.3, 0.4) is 0 Å². The fourth-order valence-corrected chi connectivity index (χ4v) is 4.38. The maximum absolute atomic E-state index is 14.2. The first-order valence-corrected chi connectivity index (χ1v) is 10.6. The van der Waals surface area contributed by atoms with Crippen molar-refractivity contribution in [1.29, 1.82) is 0 Å². The molecule has 1 heterocycles. The van der Waals surface area contributed by atoms with Crippen LogP contribution >= 0.6 is 0 Å². The van der Waals surface area contributed by atoms with Gasteiger partial charge in [0, 0.05) is 13.1 Å². The van der Waals surface area contributed by atoms with E-state index in [2.05, 4.69) is 9.62 Å². The number of likely N-dealkylation sites (tertiary alicyclic amines) is 1. The molecular weight excluding hydrogens is 367 g/mol. The molecule has 7 heteroatoms. The summed E-state index contributed by atoms with van der Waals surface area (Å²) in [6.07, 6.45) is 3.60. The van der Waals surface area contributed by atoms with Crippen LogP contribution in [0.4, 0.5) is 4.39 Å². The van der Waals surface area contributed by atoms with Gasteiger partial charge in [0.2, 0.25) is 10.0 Å². The minimum absolute atomic E-state index is 0.167. The van der Waals surface area contributed by atoms with Gasteiger partial charge in [-0.25, -0.2) is 17.5 Å². The summed E-state index contributed by atoms with van der Waals surface area (Å²) in [5.41, 5.74) is 0.888. The monoisotopic (exact) mass is 392 g/mol. The number of hydrogen-bond donors (Lipinski definition) is 1. The van der Waals surface area contributed by atoms with Gasteiger partial charge >= 0.3 is 0 Å². The third kappa shape index (κ3) is 4.86. The molecule has 1 N–H and O–H groups in total. The van der Waals surface area contributed by atoms with Crippen LogP contribution in [0.25, 0.3) is 11.1 Å². The van der Waals surface area contributed by atoms with Crippen LogP contribution in [0.2, 0.25) is 0 Å². The van der Waals surface area contributed by atoms with Crippen LogP contribution in [-0.2, 0) is 10.0 Å². The average molecular weight is 392 g/mol. The minimum Gasteiger partial charge on any atom is -0.496 e. The summed E-state index contributed by atoms with van der Waals surface area (Å²) < 4.78 is 47.0. The Bertz CT molecular complexity index is 863. The molecular formula is C20H25FN2O3S. The molecule has 1 aliphatic heterocycles. The van der Waals surface area contributed by atoms with Gasteiger partial charge in [-0.1, -0.05) is 24.6 Å². The van der Waals surface area contributed by atoms with E-state index in [4.69, 9.17) is 4.74 Å². The van der Waals surface area contributed by atoms with Crippen molar-refractivity contribution in [2.24, 2.45) is 0 Å². The number of nitrogens with one attached hydrogen (secondary N) is 1. The van der Waals surface area contributed by atoms with E-state index >= 15 is 0 Å². The lowest BCUT2D eigenvalue weighted by molar-refractivity contribution is 0.233. The Morgan fingerprint density at radius 2 is 1.78 bits per heavy atom. The van der Waals surface area contributed by atoms with Crippen LogP contribution in [0.15, 0.2) is 47.4 Å². The molecule has 1 fully saturated rings. The molecule has 27 heavy (non-hydrogen) atoms. The Morgan fingerprint density at radius 3 is 2.44 bits per heavy atom. The van der Waals surface area contributed by atoms with Crippen molar-refractivity contribution in [1.82, 2.24) is 9.62 Å². The van der Waals surface area contributed by atoms with E-state index < -0.39 is 15.8 Å². The minimum atomic E-state index is -3.59. The smallest absolute Gasteiger partial charge is 0.240 e. The number of methoxy groups -OCH3 is 1. The first kappa shape index (κ1) is 19.8. The highest BCUT2D eigenvalue weighted by Gasteiger charge is 2.17. The van der Waals surface area contributed by atoms with Gasteiger partial charge in [-0.2, -0.15) is 0 Å². The van der Waals surface area contributed by atoms with Gasteiger partial charge in [0.15, 0.2) is 0 Å². The second kappa shape index (κ2) is 8.82. The molecule has 0 saturated carbocycles. The average Bonchev–Trinajstić information content (AvgIpc) is 2.68. The van der Waals surface area contributed by atoms with Gasteiger partial charge in [0.25, 0.3) is 0 Å². The quantitative estimate of drug-likeness (QED) is 0.786. The van der Waals surface area contributed by atoms with E-state index in [9.17, 15) is 12.8 Å². The first-order chi connectivity index (χ1) is 13.0. The van der Waals surface area contributed by atoms with Gasteiger partial charge < -0.3 is 9.64 Å². The topological polar surface area (TPSA) is 58.6 Å². The number of halogens is 1. The molecule has 2 aromatic carbocycles. The molecule has 0 atom stereocenters. The Labute approximate surface area is 160 Å². The lowest BCUT2D eigenvalue weighted by Gasteiger charge is -2.26. The van der Waals surface area contributed by atoms with Gasteiger partial charge in [0.1, 0.15) is 11.6 Å². The number of hydrogen-bond acceptors (Lipinski definition) is 4. The number of nitrogens with zero attached hydrogens (tertiary/aromatic N) is 1. The van der Waals surface area contributed by atoms with Gasteiger partial charge in [-0.05, 0) is 55.8 Å². The molecule has 0 spiro atoms. The number of ether oxygens (including phenoxy) is 1. The van der Waals surface area contributed by atoms with Crippen molar-refractivity contribution in [2.75, 3.05) is 33.3 Å². The lowest BCUT2D eigenvalue weighted by atomic mass is 10.0. The van der Waals surface area contributed by atoms with Crippen LogP contribution in [0.5, 0.6) is 5.75 Å². The zero-order valence-corrected chi connectivity index (χ0v) is 16.3. The van der Waals surface area contributed by atoms with E-state index in [-0.39, 0.29) is 4.90 Å². The summed E-state index contributed by atoms with van der Waals surface area (Å²) in [7, 11) is -2.11. The van der Waals surface area contributed by atoms with E-state index in [1.54, 1.807) is 24.3 Å². The maximum atomic E-state index is 14.2. The van der Waals surface area contributed by atoms with Crippen molar-refractivity contribution in [2.45, 2.75) is 24.2 Å². The SMILES string of the molecule is COc1cccc(F)c1-c1ccc(S(=O)(=O)NCCN2CCCCC2)cc1. The Hall–Kier alpha value is -1.96. The summed E-state index contributed by atoms with van der Waals surface area (Å²) in [6, 6.07) is 10.8. The summed E-state index contributed by atoms with van der Waals surface area (Å²) in [6.45, 7) is 3.15. The summed E-state index contributed by atoms with van der Waals surface area (Å²) in [5.74, 6) is -0.00474. The van der Waals surface area contributed by atoms with Gasteiger partial charge in [-0.3, -0.25) is 0 Å². The van der Waals surface area contributed by atoms with E-state index in [1.165, 1.54) is 44.6 Å². The Kier molecular flexibility index (Phi) is 6.46. The third-order valence-corrected chi connectivity index (χ3v) is 6.29. The normalized spacial score (nSPS) is 15.6.